The summed E-state index contributed by atoms with van der Waals surface area (Å²) >= 11 is 0. The molecule has 0 unspecified atom stereocenters. The number of aromatic nitrogens is 2. The predicted molar refractivity (Wildman–Crippen MR) is 78.7 cm³/mol. The van der Waals surface area contributed by atoms with Gasteiger partial charge in [0.15, 0.2) is 0 Å². The second-order valence-electron chi connectivity index (χ2n) is 5.29. The molecule has 1 aromatic rings. The van der Waals surface area contributed by atoms with Gasteiger partial charge < -0.3 is 5.32 Å². The predicted octanol–water partition coefficient (Wildman–Crippen LogP) is 1.59. The zero-order valence-electron chi connectivity index (χ0n) is 12.2. The minimum Gasteiger partial charge on any atom is -0.351 e. The smallest absolute Gasteiger partial charge is 0.254 e. The lowest BCUT2D eigenvalue weighted by Gasteiger charge is -2.23. The van der Waals surface area contributed by atoms with Crippen LogP contribution in [0.3, 0.4) is 0 Å². The number of hydrogen-bond acceptors (Lipinski definition) is 4. The van der Waals surface area contributed by atoms with Crippen LogP contribution in [0.2, 0.25) is 0 Å². The third-order valence-electron chi connectivity index (χ3n) is 3.39. The molecule has 0 spiro atoms. The number of carbonyl (C=O) groups excluding carboxylic acids is 1. The molecule has 0 fully saturated rings. The first kappa shape index (κ1) is 14.7. The van der Waals surface area contributed by atoms with Crippen molar-refractivity contribution in [2.24, 2.45) is 0 Å². The Labute approximate surface area is 120 Å². The van der Waals surface area contributed by atoms with E-state index in [2.05, 4.69) is 32.3 Å². The highest BCUT2D eigenvalue weighted by atomic mass is 16.1. The molecule has 1 aromatic heterocycles. The first-order valence-electron chi connectivity index (χ1n) is 7.14. The average molecular weight is 274 g/mol. The summed E-state index contributed by atoms with van der Waals surface area (Å²) in [6.45, 7) is 7.62. The van der Waals surface area contributed by atoms with Crippen molar-refractivity contribution in [2.75, 3.05) is 26.2 Å². The minimum absolute atomic E-state index is 0.0816. The molecule has 0 saturated heterocycles. The van der Waals surface area contributed by atoms with E-state index in [9.17, 15) is 4.79 Å². The summed E-state index contributed by atoms with van der Waals surface area (Å²) in [7, 11) is 0. The molecule has 0 aliphatic carbocycles. The van der Waals surface area contributed by atoms with Crippen LogP contribution in [0.1, 0.15) is 42.2 Å². The largest absolute Gasteiger partial charge is 0.351 e. The molecule has 20 heavy (non-hydrogen) atoms. The fraction of sp³-hybridized carbons (Fsp3) is 0.533. The van der Waals surface area contributed by atoms with Gasteiger partial charge in [-0.3, -0.25) is 9.69 Å². The summed E-state index contributed by atoms with van der Waals surface area (Å²) in [5, 5.41) is 2.96. The highest BCUT2D eigenvalue weighted by Gasteiger charge is 2.15. The Balaban J connectivity index is 1.87. The van der Waals surface area contributed by atoms with Crippen LogP contribution in [-0.4, -0.2) is 47.0 Å². The lowest BCUT2D eigenvalue weighted by molar-refractivity contribution is 0.0946. The Hall–Kier alpha value is -1.75. The van der Waals surface area contributed by atoms with E-state index in [4.69, 9.17) is 0 Å². The zero-order valence-corrected chi connectivity index (χ0v) is 12.2. The maximum absolute atomic E-state index is 12.2. The molecule has 0 saturated carbocycles. The average Bonchev–Trinajstić information content (AvgIpc) is 2.48. The van der Waals surface area contributed by atoms with Crippen LogP contribution < -0.4 is 5.32 Å². The molecule has 0 atom stereocenters. The van der Waals surface area contributed by atoms with Gasteiger partial charge >= 0.3 is 0 Å². The lowest BCUT2D eigenvalue weighted by Crippen LogP contribution is -2.36. The maximum Gasteiger partial charge on any atom is 0.254 e. The number of nitrogens with one attached hydrogen (secondary N) is 1. The topological polar surface area (TPSA) is 58.1 Å². The Bertz CT molecular complexity index is 485. The molecule has 5 nitrogen and oxygen atoms in total. The Kier molecular flexibility index (Phi) is 5.24. The Morgan fingerprint density at radius 1 is 1.45 bits per heavy atom. The standard InChI is InChI=1S/C15H22N4O/c1-12(2)14-13(10-16-11-18-14)15(20)17-6-9-19-7-4-3-5-8-19/h3-4,10-12H,5-9H2,1-2H3,(H,17,20). The summed E-state index contributed by atoms with van der Waals surface area (Å²) in [6.07, 6.45) is 8.56. The molecule has 0 aromatic carbocycles. The van der Waals surface area contributed by atoms with Gasteiger partial charge in [0.05, 0.1) is 11.3 Å². The maximum atomic E-state index is 12.2. The summed E-state index contributed by atoms with van der Waals surface area (Å²) in [4.78, 5) is 22.7. The van der Waals surface area contributed by atoms with Crippen LogP contribution in [0, 0.1) is 0 Å². The second kappa shape index (κ2) is 7.14. The van der Waals surface area contributed by atoms with Gasteiger partial charge in [-0.15, -0.1) is 0 Å². The van der Waals surface area contributed by atoms with Crippen molar-refractivity contribution >= 4 is 5.91 Å². The fourth-order valence-corrected chi connectivity index (χ4v) is 2.29. The van der Waals surface area contributed by atoms with Crippen LogP contribution in [-0.2, 0) is 0 Å². The quantitative estimate of drug-likeness (QED) is 0.828. The van der Waals surface area contributed by atoms with Crippen molar-refractivity contribution in [1.82, 2.24) is 20.2 Å². The van der Waals surface area contributed by atoms with Crippen molar-refractivity contribution in [3.63, 3.8) is 0 Å². The fourth-order valence-electron chi connectivity index (χ4n) is 2.29. The molecule has 108 valence electrons. The van der Waals surface area contributed by atoms with Gasteiger partial charge in [-0.1, -0.05) is 26.0 Å². The number of carbonyl (C=O) groups is 1. The lowest BCUT2D eigenvalue weighted by atomic mass is 10.0. The van der Waals surface area contributed by atoms with Gasteiger partial charge in [-0.05, 0) is 12.3 Å². The van der Waals surface area contributed by atoms with Gasteiger partial charge in [0.25, 0.3) is 5.91 Å². The Morgan fingerprint density at radius 3 is 3.00 bits per heavy atom. The molecule has 1 amide bonds. The normalized spacial score (nSPS) is 15.6. The van der Waals surface area contributed by atoms with Gasteiger partial charge in [0.1, 0.15) is 6.33 Å². The van der Waals surface area contributed by atoms with Gasteiger partial charge in [0.2, 0.25) is 0 Å². The van der Waals surface area contributed by atoms with E-state index in [0.717, 1.165) is 31.7 Å². The van der Waals surface area contributed by atoms with E-state index in [1.807, 2.05) is 13.8 Å². The zero-order chi connectivity index (χ0) is 14.4. The molecule has 1 aliphatic rings. The summed E-state index contributed by atoms with van der Waals surface area (Å²) < 4.78 is 0. The van der Waals surface area contributed by atoms with Crippen LogP contribution in [0.5, 0.6) is 0 Å². The first-order chi connectivity index (χ1) is 9.68. The van der Waals surface area contributed by atoms with E-state index in [0.29, 0.717) is 12.1 Å². The highest BCUT2D eigenvalue weighted by molar-refractivity contribution is 5.95. The molecular formula is C15H22N4O. The van der Waals surface area contributed by atoms with E-state index < -0.39 is 0 Å². The number of nitrogens with zero attached hydrogens (tertiary/aromatic N) is 3. The molecule has 5 heteroatoms. The molecule has 1 aliphatic heterocycles. The highest BCUT2D eigenvalue weighted by Crippen LogP contribution is 2.15. The van der Waals surface area contributed by atoms with Gasteiger partial charge in [-0.25, -0.2) is 9.97 Å². The number of amides is 1. The molecule has 2 heterocycles. The van der Waals surface area contributed by atoms with Crippen molar-refractivity contribution in [1.29, 1.82) is 0 Å². The second-order valence-corrected chi connectivity index (χ2v) is 5.29. The third-order valence-corrected chi connectivity index (χ3v) is 3.39. The van der Waals surface area contributed by atoms with E-state index in [-0.39, 0.29) is 11.8 Å². The molecule has 0 radical (unpaired) electrons. The van der Waals surface area contributed by atoms with Gasteiger partial charge in [0, 0.05) is 32.4 Å². The monoisotopic (exact) mass is 274 g/mol. The minimum atomic E-state index is -0.0816. The van der Waals surface area contributed by atoms with Crippen molar-refractivity contribution in [3.8, 4) is 0 Å². The van der Waals surface area contributed by atoms with Gasteiger partial charge in [-0.2, -0.15) is 0 Å². The van der Waals surface area contributed by atoms with Crippen LogP contribution >= 0.6 is 0 Å². The summed E-state index contributed by atoms with van der Waals surface area (Å²) in [5.41, 5.74) is 1.39. The van der Waals surface area contributed by atoms with E-state index >= 15 is 0 Å². The van der Waals surface area contributed by atoms with Crippen LogP contribution in [0.4, 0.5) is 0 Å². The SMILES string of the molecule is CC(C)c1ncncc1C(=O)NCCN1CC=CCC1. The molecule has 2 rings (SSSR count). The van der Waals surface area contributed by atoms with Crippen LogP contribution in [0.25, 0.3) is 0 Å². The van der Waals surface area contributed by atoms with Crippen molar-refractivity contribution in [3.05, 3.63) is 35.9 Å². The van der Waals surface area contributed by atoms with Crippen molar-refractivity contribution in [2.45, 2.75) is 26.2 Å². The molecular weight excluding hydrogens is 252 g/mol. The molecule has 1 N–H and O–H groups in total. The van der Waals surface area contributed by atoms with Crippen LogP contribution in [0.15, 0.2) is 24.7 Å². The number of rotatable bonds is 5. The van der Waals surface area contributed by atoms with E-state index in [1.165, 1.54) is 6.33 Å². The third kappa shape index (κ3) is 3.87. The number of hydrogen-bond donors (Lipinski definition) is 1. The van der Waals surface area contributed by atoms with E-state index in [1.54, 1.807) is 6.20 Å². The first-order valence-corrected chi connectivity index (χ1v) is 7.14. The van der Waals surface area contributed by atoms with Crippen molar-refractivity contribution < 1.29 is 4.79 Å². The summed E-state index contributed by atoms with van der Waals surface area (Å²) in [6, 6.07) is 0. The Morgan fingerprint density at radius 2 is 2.30 bits per heavy atom. The summed E-state index contributed by atoms with van der Waals surface area (Å²) in [5.74, 6) is 0.132. The molecule has 0 bridgehead atoms.